The van der Waals surface area contributed by atoms with Crippen LogP contribution in [0.15, 0.2) is 0 Å². The molecule has 0 atom stereocenters. The van der Waals surface area contributed by atoms with E-state index in [1.54, 1.807) is 0 Å². The van der Waals surface area contributed by atoms with Gasteiger partial charge in [-0.3, -0.25) is 0 Å². The number of hydrogen-bond acceptors (Lipinski definition) is 3. The maximum absolute atomic E-state index is 12.3. The first kappa shape index (κ1) is 17.3. The molecule has 0 aromatic heterocycles. The van der Waals surface area contributed by atoms with Gasteiger partial charge in [0.05, 0.1) is 0 Å². The summed E-state index contributed by atoms with van der Waals surface area (Å²) >= 11 is 0. The fraction of sp³-hybridized carbons (Fsp3) is 0.938. The molecule has 1 aliphatic rings. The largest absolute Gasteiger partial charge is 0.444 e. The molecule has 1 N–H and O–H groups in total. The molecule has 118 valence electrons. The van der Waals surface area contributed by atoms with Crippen LogP contribution in [0.5, 0.6) is 0 Å². The Balaban J connectivity index is 2.41. The topological polar surface area (TPSA) is 41.6 Å². The molecule has 0 saturated heterocycles. The summed E-state index contributed by atoms with van der Waals surface area (Å²) < 4.78 is 5.50. The monoisotopic (exact) mass is 284 g/mol. The van der Waals surface area contributed by atoms with Gasteiger partial charge in [0.2, 0.25) is 0 Å². The molecule has 1 amide bonds. The van der Waals surface area contributed by atoms with Gasteiger partial charge in [-0.25, -0.2) is 4.79 Å². The number of carbonyl (C=O) groups is 1. The van der Waals surface area contributed by atoms with Gasteiger partial charge in [0.15, 0.2) is 0 Å². The fourth-order valence-corrected chi connectivity index (χ4v) is 2.21. The van der Waals surface area contributed by atoms with Gasteiger partial charge in [-0.1, -0.05) is 6.42 Å². The summed E-state index contributed by atoms with van der Waals surface area (Å²) in [5, 5.41) is 3.46. The Kier molecular flexibility index (Phi) is 5.87. The summed E-state index contributed by atoms with van der Waals surface area (Å²) in [7, 11) is 0. The highest BCUT2D eigenvalue weighted by Crippen LogP contribution is 2.25. The molecule has 0 unspecified atom stereocenters. The predicted molar refractivity (Wildman–Crippen MR) is 82.9 cm³/mol. The third-order valence-corrected chi connectivity index (χ3v) is 3.59. The molecule has 4 nitrogen and oxygen atoms in total. The molecule has 1 saturated carbocycles. The second-order valence-corrected chi connectivity index (χ2v) is 7.80. The zero-order valence-corrected chi connectivity index (χ0v) is 14.1. The van der Waals surface area contributed by atoms with E-state index in [1.807, 2.05) is 46.4 Å². The highest BCUT2D eigenvalue weighted by molar-refractivity contribution is 5.69. The number of ether oxygens (including phenoxy) is 1. The summed E-state index contributed by atoms with van der Waals surface area (Å²) in [6.45, 7) is 14.4. The first-order valence-corrected chi connectivity index (χ1v) is 7.81. The van der Waals surface area contributed by atoms with Crippen molar-refractivity contribution in [1.29, 1.82) is 0 Å². The van der Waals surface area contributed by atoms with Gasteiger partial charge in [0.25, 0.3) is 0 Å². The third kappa shape index (κ3) is 6.12. The van der Waals surface area contributed by atoms with Crippen molar-refractivity contribution in [3.8, 4) is 0 Å². The molecule has 1 fully saturated rings. The Bertz CT molecular complexity index is 311. The zero-order chi connectivity index (χ0) is 15.4. The molecule has 0 radical (unpaired) electrons. The molecule has 0 aromatic carbocycles. The average Bonchev–Trinajstić information content (AvgIpc) is 2.15. The molecule has 20 heavy (non-hydrogen) atoms. The summed E-state index contributed by atoms with van der Waals surface area (Å²) in [5.41, 5.74) is -0.666. The lowest BCUT2D eigenvalue weighted by Crippen LogP contribution is -2.50. The Morgan fingerprint density at radius 1 is 1.20 bits per heavy atom. The lowest BCUT2D eigenvalue weighted by molar-refractivity contribution is 0.00656. The highest BCUT2D eigenvalue weighted by atomic mass is 16.6. The van der Waals surface area contributed by atoms with Crippen molar-refractivity contribution in [3.63, 3.8) is 0 Å². The maximum Gasteiger partial charge on any atom is 0.410 e. The minimum absolute atomic E-state index is 0.222. The number of carbonyl (C=O) groups excluding carboxylic acids is 1. The van der Waals surface area contributed by atoms with Gasteiger partial charge in [-0.05, 0) is 66.8 Å². The second kappa shape index (κ2) is 6.79. The van der Waals surface area contributed by atoms with E-state index in [4.69, 9.17) is 4.74 Å². The van der Waals surface area contributed by atoms with Crippen molar-refractivity contribution in [2.45, 2.75) is 71.9 Å². The van der Waals surface area contributed by atoms with Crippen LogP contribution in [0.1, 0.15) is 60.8 Å². The van der Waals surface area contributed by atoms with Crippen LogP contribution in [0.25, 0.3) is 0 Å². The summed E-state index contributed by atoms with van der Waals surface area (Å²) in [6.07, 6.45) is 3.85. The molecule has 1 aliphatic carbocycles. The van der Waals surface area contributed by atoms with Gasteiger partial charge >= 0.3 is 6.09 Å². The molecule has 4 heteroatoms. The van der Waals surface area contributed by atoms with Crippen LogP contribution in [0.4, 0.5) is 4.79 Å². The molecule has 1 rings (SSSR count). The quantitative estimate of drug-likeness (QED) is 0.787. The first-order valence-electron chi connectivity index (χ1n) is 7.81. The van der Waals surface area contributed by atoms with E-state index >= 15 is 0 Å². The summed E-state index contributed by atoms with van der Waals surface area (Å²) in [5.74, 6) is 0.847. The molecule has 0 aromatic rings. The Hall–Kier alpha value is -0.770. The van der Waals surface area contributed by atoms with Crippen LogP contribution in [-0.2, 0) is 4.74 Å². The highest BCUT2D eigenvalue weighted by Gasteiger charge is 2.30. The van der Waals surface area contributed by atoms with Gasteiger partial charge < -0.3 is 15.0 Å². The minimum atomic E-state index is -0.445. The smallest absolute Gasteiger partial charge is 0.410 e. The zero-order valence-electron chi connectivity index (χ0n) is 14.1. The van der Waals surface area contributed by atoms with E-state index in [9.17, 15) is 4.79 Å². The molecular weight excluding hydrogens is 252 g/mol. The normalized spacial score (nSPS) is 16.7. The maximum atomic E-state index is 12.3. The van der Waals surface area contributed by atoms with E-state index in [1.165, 1.54) is 19.3 Å². The molecular formula is C16H32N2O2. The third-order valence-electron chi connectivity index (χ3n) is 3.59. The minimum Gasteiger partial charge on any atom is -0.444 e. The van der Waals surface area contributed by atoms with Gasteiger partial charge in [-0.15, -0.1) is 0 Å². The molecule has 0 heterocycles. The fourth-order valence-electron chi connectivity index (χ4n) is 2.21. The number of amides is 1. The van der Waals surface area contributed by atoms with E-state index in [0.29, 0.717) is 6.54 Å². The van der Waals surface area contributed by atoms with E-state index in [-0.39, 0.29) is 11.6 Å². The summed E-state index contributed by atoms with van der Waals surface area (Å²) in [4.78, 5) is 14.1. The van der Waals surface area contributed by atoms with E-state index in [0.717, 1.165) is 19.0 Å². The SMILES string of the molecule is CC(C)(C)OC(=O)N(CCNCC1CCC1)C(C)(C)C. The van der Waals surface area contributed by atoms with Crippen molar-refractivity contribution < 1.29 is 9.53 Å². The van der Waals surface area contributed by atoms with Crippen molar-refractivity contribution >= 4 is 6.09 Å². The molecule has 0 aliphatic heterocycles. The molecule has 0 bridgehead atoms. The molecule has 0 spiro atoms. The predicted octanol–water partition coefficient (Wildman–Crippen LogP) is 3.41. The van der Waals surface area contributed by atoms with E-state index < -0.39 is 5.60 Å². The van der Waals surface area contributed by atoms with Gasteiger partial charge in [0.1, 0.15) is 5.60 Å². The van der Waals surface area contributed by atoms with Crippen LogP contribution in [0.2, 0.25) is 0 Å². The Labute approximate surface area is 124 Å². The lowest BCUT2D eigenvalue weighted by atomic mass is 9.85. The standard InChI is InChI=1S/C16H32N2O2/c1-15(2,3)18(14(19)20-16(4,5)6)11-10-17-12-13-8-7-9-13/h13,17H,7-12H2,1-6H3. The van der Waals surface area contributed by atoms with Crippen LogP contribution < -0.4 is 5.32 Å². The first-order chi connectivity index (χ1) is 9.09. The van der Waals surface area contributed by atoms with Crippen molar-refractivity contribution in [3.05, 3.63) is 0 Å². The lowest BCUT2D eigenvalue weighted by Gasteiger charge is -2.37. The van der Waals surface area contributed by atoms with Crippen molar-refractivity contribution in [2.75, 3.05) is 19.6 Å². The van der Waals surface area contributed by atoms with Crippen LogP contribution >= 0.6 is 0 Å². The van der Waals surface area contributed by atoms with Crippen molar-refractivity contribution in [2.24, 2.45) is 5.92 Å². The Morgan fingerprint density at radius 2 is 1.80 bits per heavy atom. The van der Waals surface area contributed by atoms with E-state index in [2.05, 4.69) is 5.32 Å². The number of nitrogens with one attached hydrogen (secondary N) is 1. The average molecular weight is 284 g/mol. The number of hydrogen-bond donors (Lipinski definition) is 1. The van der Waals surface area contributed by atoms with Crippen LogP contribution in [-0.4, -0.2) is 41.8 Å². The summed E-state index contributed by atoms with van der Waals surface area (Å²) in [6, 6.07) is 0. The Morgan fingerprint density at radius 3 is 2.20 bits per heavy atom. The van der Waals surface area contributed by atoms with Crippen LogP contribution in [0.3, 0.4) is 0 Å². The van der Waals surface area contributed by atoms with Crippen molar-refractivity contribution in [1.82, 2.24) is 10.2 Å². The van der Waals surface area contributed by atoms with Gasteiger partial charge in [-0.2, -0.15) is 0 Å². The second-order valence-electron chi connectivity index (χ2n) is 7.80. The number of rotatable bonds is 5. The number of nitrogens with zero attached hydrogens (tertiary/aromatic N) is 1. The van der Waals surface area contributed by atoms with Crippen LogP contribution in [0, 0.1) is 5.92 Å². The van der Waals surface area contributed by atoms with Gasteiger partial charge in [0, 0.05) is 18.6 Å².